The zero-order valence-corrected chi connectivity index (χ0v) is 13.3. The lowest BCUT2D eigenvalue weighted by atomic mass is 10.1. The fourth-order valence-corrected chi connectivity index (χ4v) is 2.54. The van der Waals surface area contributed by atoms with Crippen LogP contribution in [0.5, 0.6) is 0 Å². The number of nitrogens with one attached hydrogen (secondary N) is 2. The first-order chi connectivity index (χ1) is 11.9. The number of hydrogen-bond donors (Lipinski definition) is 2. The van der Waals surface area contributed by atoms with Gasteiger partial charge in [-0.25, -0.2) is 13.6 Å². The van der Waals surface area contributed by atoms with Gasteiger partial charge < -0.3 is 15.2 Å². The monoisotopic (exact) mass is 343 g/mol. The number of benzene rings is 2. The first-order valence-electron chi connectivity index (χ1n) is 7.52. The van der Waals surface area contributed by atoms with Gasteiger partial charge in [-0.2, -0.15) is 0 Å². The molecule has 0 aliphatic rings. The van der Waals surface area contributed by atoms with E-state index in [9.17, 15) is 18.4 Å². The summed E-state index contributed by atoms with van der Waals surface area (Å²) in [6.07, 6.45) is 0. The van der Waals surface area contributed by atoms with E-state index in [1.165, 1.54) is 18.0 Å². The van der Waals surface area contributed by atoms with Crippen LogP contribution < -0.4 is 10.9 Å². The summed E-state index contributed by atoms with van der Waals surface area (Å²) in [7, 11) is 1.52. The molecule has 0 aliphatic heterocycles. The Morgan fingerprint density at radius 2 is 1.92 bits per heavy atom. The van der Waals surface area contributed by atoms with Crippen LogP contribution in [0.4, 0.5) is 19.3 Å². The third kappa shape index (κ3) is 3.65. The van der Waals surface area contributed by atoms with Crippen molar-refractivity contribution in [3.63, 3.8) is 0 Å². The molecule has 2 amide bonds. The number of hydrogen-bond acceptors (Lipinski definition) is 2. The van der Waals surface area contributed by atoms with Gasteiger partial charge in [-0.05, 0) is 23.8 Å². The third-order valence-corrected chi connectivity index (χ3v) is 3.76. The smallest absolute Gasteiger partial charge is 0.321 e. The summed E-state index contributed by atoms with van der Waals surface area (Å²) in [5, 5.41) is 3.19. The van der Waals surface area contributed by atoms with Crippen molar-refractivity contribution in [1.29, 1.82) is 0 Å². The second-order valence-electron chi connectivity index (χ2n) is 5.61. The van der Waals surface area contributed by atoms with Crippen LogP contribution in [-0.4, -0.2) is 23.0 Å². The molecule has 1 aromatic heterocycles. The van der Waals surface area contributed by atoms with E-state index in [-0.39, 0.29) is 17.8 Å². The number of carbonyl (C=O) groups excluding carboxylic acids is 1. The van der Waals surface area contributed by atoms with E-state index in [2.05, 4.69) is 10.3 Å². The number of fused-ring (bicyclic) bond motifs is 1. The van der Waals surface area contributed by atoms with Crippen LogP contribution >= 0.6 is 0 Å². The first kappa shape index (κ1) is 16.6. The van der Waals surface area contributed by atoms with Gasteiger partial charge in [0, 0.05) is 36.6 Å². The predicted octanol–water partition coefficient (Wildman–Crippen LogP) is 3.47. The number of para-hydroxylation sites is 1. The molecule has 3 aromatic rings. The lowest BCUT2D eigenvalue weighted by Crippen LogP contribution is -2.31. The largest absolute Gasteiger partial charge is 0.323 e. The Balaban J connectivity index is 1.81. The van der Waals surface area contributed by atoms with E-state index in [4.69, 9.17) is 0 Å². The Kier molecular flexibility index (Phi) is 4.47. The number of nitrogens with zero attached hydrogens (tertiary/aromatic N) is 1. The number of halogens is 2. The molecule has 0 bridgehead atoms. The van der Waals surface area contributed by atoms with Crippen molar-refractivity contribution in [3.05, 3.63) is 76.1 Å². The summed E-state index contributed by atoms with van der Waals surface area (Å²) >= 11 is 0. The maximum absolute atomic E-state index is 13.6. The first-order valence-corrected chi connectivity index (χ1v) is 7.52. The van der Waals surface area contributed by atoms with E-state index in [0.717, 1.165) is 17.5 Å². The minimum atomic E-state index is -0.858. The number of urea groups is 1. The fourth-order valence-electron chi connectivity index (χ4n) is 2.54. The highest BCUT2D eigenvalue weighted by atomic mass is 19.1. The molecule has 0 aliphatic carbocycles. The van der Waals surface area contributed by atoms with Crippen LogP contribution in [0.2, 0.25) is 0 Å². The van der Waals surface area contributed by atoms with Crippen LogP contribution in [0.25, 0.3) is 10.9 Å². The van der Waals surface area contributed by atoms with Crippen molar-refractivity contribution in [2.45, 2.75) is 6.54 Å². The number of aromatic amines is 1. The molecular formula is C18H15F2N3O2. The number of aromatic nitrogens is 1. The maximum Gasteiger partial charge on any atom is 0.321 e. The summed E-state index contributed by atoms with van der Waals surface area (Å²) in [6.45, 7) is 0.152. The normalized spacial score (nSPS) is 10.7. The Labute approximate surface area is 141 Å². The minimum Gasteiger partial charge on any atom is -0.323 e. The van der Waals surface area contributed by atoms with E-state index in [0.29, 0.717) is 17.1 Å². The van der Waals surface area contributed by atoms with Crippen molar-refractivity contribution in [1.82, 2.24) is 9.88 Å². The molecule has 2 aromatic carbocycles. The molecule has 0 fully saturated rings. The Morgan fingerprint density at radius 1 is 1.16 bits per heavy atom. The molecule has 2 N–H and O–H groups in total. The Morgan fingerprint density at radius 3 is 2.68 bits per heavy atom. The number of H-pyrrole nitrogens is 1. The van der Waals surface area contributed by atoms with Crippen LogP contribution in [0.3, 0.4) is 0 Å². The maximum atomic E-state index is 13.6. The van der Waals surface area contributed by atoms with E-state index < -0.39 is 17.7 Å². The third-order valence-electron chi connectivity index (χ3n) is 3.76. The van der Waals surface area contributed by atoms with Gasteiger partial charge in [0.15, 0.2) is 0 Å². The molecule has 3 rings (SSSR count). The average molecular weight is 343 g/mol. The molecular weight excluding hydrogens is 328 g/mol. The number of amides is 2. The van der Waals surface area contributed by atoms with Gasteiger partial charge in [-0.15, -0.1) is 0 Å². The fraction of sp³-hybridized carbons (Fsp3) is 0.111. The number of pyridine rings is 1. The van der Waals surface area contributed by atoms with Crippen LogP contribution in [0.15, 0.2) is 53.3 Å². The van der Waals surface area contributed by atoms with Gasteiger partial charge in [0.25, 0.3) is 0 Å². The second-order valence-corrected chi connectivity index (χ2v) is 5.61. The van der Waals surface area contributed by atoms with Crippen molar-refractivity contribution in [2.24, 2.45) is 0 Å². The van der Waals surface area contributed by atoms with Crippen molar-refractivity contribution in [3.8, 4) is 0 Å². The second kappa shape index (κ2) is 6.72. The molecule has 0 atom stereocenters. The highest BCUT2D eigenvalue weighted by Crippen LogP contribution is 2.18. The topological polar surface area (TPSA) is 65.2 Å². The summed E-state index contributed by atoms with van der Waals surface area (Å²) in [5.74, 6) is -1.58. The van der Waals surface area contributed by atoms with Crippen LogP contribution in [0, 0.1) is 11.6 Å². The van der Waals surface area contributed by atoms with Gasteiger partial charge in [-0.3, -0.25) is 4.79 Å². The highest BCUT2D eigenvalue weighted by molar-refractivity contribution is 5.90. The average Bonchev–Trinajstić information content (AvgIpc) is 2.57. The summed E-state index contributed by atoms with van der Waals surface area (Å²) in [4.78, 5) is 28.0. The minimum absolute atomic E-state index is 0.117. The van der Waals surface area contributed by atoms with Crippen molar-refractivity contribution < 1.29 is 13.6 Å². The van der Waals surface area contributed by atoms with Gasteiger partial charge in [0.05, 0.1) is 5.69 Å². The van der Waals surface area contributed by atoms with Gasteiger partial charge >= 0.3 is 6.03 Å². The van der Waals surface area contributed by atoms with E-state index in [1.807, 2.05) is 12.1 Å². The lowest BCUT2D eigenvalue weighted by Gasteiger charge is -2.19. The molecule has 0 saturated carbocycles. The number of carbonyl (C=O) groups is 1. The number of rotatable bonds is 3. The van der Waals surface area contributed by atoms with Gasteiger partial charge in [0.1, 0.15) is 11.6 Å². The Hall–Kier alpha value is -3.22. The summed E-state index contributed by atoms with van der Waals surface area (Å²) < 4.78 is 26.6. The molecule has 0 saturated heterocycles. The van der Waals surface area contributed by atoms with Gasteiger partial charge in [-0.1, -0.05) is 18.2 Å². The molecule has 0 radical (unpaired) electrons. The molecule has 1 heterocycles. The zero-order chi connectivity index (χ0) is 18.0. The van der Waals surface area contributed by atoms with Crippen LogP contribution in [-0.2, 0) is 6.54 Å². The van der Waals surface area contributed by atoms with Crippen molar-refractivity contribution >= 4 is 22.6 Å². The molecule has 5 nitrogen and oxygen atoms in total. The predicted molar refractivity (Wildman–Crippen MR) is 91.4 cm³/mol. The zero-order valence-electron chi connectivity index (χ0n) is 13.3. The molecule has 25 heavy (non-hydrogen) atoms. The quantitative estimate of drug-likeness (QED) is 0.765. The lowest BCUT2D eigenvalue weighted by molar-refractivity contribution is 0.220. The number of anilines is 1. The summed E-state index contributed by atoms with van der Waals surface area (Å²) in [5.41, 5.74) is 0.945. The summed E-state index contributed by atoms with van der Waals surface area (Å²) in [6, 6.07) is 11.0. The SMILES string of the molecule is CN(Cc1cc(=O)[nH]c2ccccc12)C(=O)Nc1ccc(F)cc1F. The molecule has 7 heteroatoms. The molecule has 128 valence electrons. The molecule has 0 spiro atoms. The van der Waals surface area contributed by atoms with Gasteiger partial charge in [0.2, 0.25) is 5.56 Å². The van der Waals surface area contributed by atoms with Crippen LogP contribution in [0.1, 0.15) is 5.56 Å². The molecule has 0 unspecified atom stereocenters. The highest BCUT2D eigenvalue weighted by Gasteiger charge is 2.14. The van der Waals surface area contributed by atoms with E-state index >= 15 is 0 Å². The van der Waals surface area contributed by atoms with Crippen molar-refractivity contribution in [2.75, 3.05) is 12.4 Å². The standard InChI is InChI=1S/C18H15F2N3O2/c1-23(18(25)22-16-7-6-12(19)9-14(16)20)10-11-8-17(24)21-15-5-3-2-4-13(11)15/h2-9H,10H2,1H3,(H,21,24)(H,22,25). The van der Waals surface area contributed by atoms with E-state index in [1.54, 1.807) is 12.1 Å². The Bertz CT molecular complexity index is 1000.